The van der Waals surface area contributed by atoms with Crippen LogP contribution in [-0.2, 0) is 4.79 Å². The first kappa shape index (κ1) is 23.2. The van der Waals surface area contributed by atoms with Crippen LogP contribution in [0, 0.1) is 5.92 Å². The number of carboxylic acid groups (broad SMARTS) is 1. The third kappa shape index (κ3) is 5.89. The molecule has 0 aliphatic heterocycles. The zero-order valence-corrected chi connectivity index (χ0v) is 19.0. The Balaban J connectivity index is 1.28. The van der Waals surface area contributed by atoms with Crippen LogP contribution in [0.25, 0.3) is 0 Å². The summed E-state index contributed by atoms with van der Waals surface area (Å²) < 4.78 is 11.3. The fourth-order valence-electron chi connectivity index (χ4n) is 3.75. The lowest BCUT2D eigenvalue weighted by Gasteiger charge is -2.26. The van der Waals surface area contributed by atoms with Gasteiger partial charge in [-0.15, -0.1) is 5.10 Å². The van der Waals surface area contributed by atoms with Gasteiger partial charge in [0.1, 0.15) is 6.10 Å². The summed E-state index contributed by atoms with van der Waals surface area (Å²) in [7, 11) is 0. The lowest BCUT2D eigenvalue weighted by atomic mass is 9.87. The van der Waals surface area contributed by atoms with Crippen LogP contribution in [0.1, 0.15) is 61.7 Å². The maximum absolute atomic E-state index is 12.4. The molecular formula is C24H27N5O5. The standard InChI is InChI=1S/C24H27N5O5/c1-14(2)15-3-7-17(8-4-15)27-24-29-28-22(34-24)21(30)26-18-9-12-20(25-13-18)33-19-10-5-16(6-11-19)23(31)32/h3-4,7-9,12-14,16,19H,5-6,10-11H2,1-2H3,(H,26,30)(H,27,29)(H,31,32). The minimum atomic E-state index is -0.749. The molecule has 1 saturated carbocycles. The average Bonchev–Trinajstić information content (AvgIpc) is 3.30. The molecule has 2 heterocycles. The summed E-state index contributed by atoms with van der Waals surface area (Å²) in [6.07, 6.45) is 3.95. The molecule has 3 N–H and O–H groups in total. The summed E-state index contributed by atoms with van der Waals surface area (Å²) in [5, 5.41) is 22.4. The smallest absolute Gasteiger partial charge is 0.320 e. The van der Waals surface area contributed by atoms with Gasteiger partial charge in [0.15, 0.2) is 0 Å². The number of hydrogen-bond donors (Lipinski definition) is 3. The van der Waals surface area contributed by atoms with Gasteiger partial charge in [-0.05, 0) is 55.4 Å². The topological polar surface area (TPSA) is 139 Å². The minimum Gasteiger partial charge on any atom is -0.481 e. The van der Waals surface area contributed by atoms with Crippen molar-refractivity contribution in [2.75, 3.05) is 10.6 Å². The van der Waals surface area contributed by atoms with E-state index < -0.39 is 11.9 Å². The van der Waals surface area contributed by atoms with Crippen molar-refractivity contribution >= 4 is 29.3 Å². The van der Waals surface area contributed by atoms with Gasteiger partial charge in [0.2, 0.25) is 5.88 Å². The molecule has 0 atom stereocenters. The van der Waals surface area contributed by atoms with E-state index in [0.717, 1.165) is 5.69 Å². The zero-order chi connectivity index (χ0) is 24.1. The molecule has 2 aromatic heterocycles. The van der Waals surface area contributed by atoms with Crippen molar-refractivity contribution in [3.63, 3.8) is 0 Å². The predicted molar refractivity (Wildman–Crippen MR) is 124 cm³/mol. The summed E-state index contributed by atoms with van der Waals surface area (Å²) in [5.74, 6) is -0.932. The van der Waals surface area contributed by atoms with E-state index in [1.165, 1.54) is 11.8 Å². The normalized spacial score (nSPS) is 17.9. The monoisotopic (exact) mass is 465 g/mol. The van der Waals surface area contributed by atoms with E-state index in [1.54, 1.807) is 12.1 Å². The van der Waals surface area contributed by atoms with Crippen molar-refractivity contribution in [1.29, 1.82) is 0 Å². The molecule has 3 aromatic rings. The Kier molecular flexibility index (Phi) is 7.05. The predicted octanol–water partition coefficient (Wildman–Crippen LogP) is 4.61. The van der Waals surface area contributed by atoms with Crippen LogP contribution in [0.3, 0.4) is 0 Å². The lowest BCUT2D eigenvalue weighted by Crippen LogP contribution is -2.28. The third-order valence-corrected chi connectivity index (χ3v) is 5.75. The molecular weight excluding hydrogens is 438 g/mol. The Morgan fingerprint density at radius 2 is 1.74 bits per heavy atom. The van der Waals surface area contributed by atoms with E-state index in [9.17, 15) is 9.59 Å². The molecule has 1 aliphatic rings. The number of carbonyl (C=O) groups excluding carboxylic acids is 1. The second-order valence-electron chi connectivity index (χ2n) is 8.58. The number of hydrogen-bond acceptors (Lipinski definition) is 8. The number of amides is 1. The fraction of sp³-hybridized carbons (Fsp3) is 0.375. The second-order valence-corrected chi connectivity index (χ2v) is 8.58. The molecule has 1 aromatic carbocycles. The van der Waals surface area contributed by atoms with Crippen LogP contribution < -0.4 is 15.4 Å². The molecule has 0 spiro atoms. The van der Waals surface area contributed by atoms with Crippen LogP contribution in [0.15, 0.2) is 47.0 Å². The molecule has 1 amide bonds. The highest BCUT2D eigenvalue weighted by Crippen LogP contribution is 2.27. The van der Waals surface area contributed by atoms with Crippen LogP contribution in [0.4, 0.5) is 17.4 Å². The number of anilines is 3. The van der Waals surface area contributed by atoms with Gasteiger partial charge in [-0.2, -0.15) is 0 Å². The highest BCUT2D eigenvalue weighted by atomic mass is 16.5. The van der Waals surface area contributed by atoms with Gasteiger partial charge in [0.25, 0.3) is 0 Å². The van der Waals surface area contributed by atoms with Gasteiger partial charge in [-0.3, -0.25) is 9.59 Å². The van der Waals surface area contributed by atoms with E-state index in [1.807, 2.05) is 24.3 Å². The number of rotatable bonds is 8. The molecule has 1 aliphatic carbocycles. The number of carbonyl (C=O) groups is 2. The van der Waals surface area contributed by atoms with Crippen LogP contribution >= 0.6 is 0 Å². The summed E-state index contributed by atoms with van der Waals surface area (Å²) in [6, 6.07) is 11.3. The van der Waals surface area contributed by atoms with Gasteiger partial charge in [-0.25, -0.2) is 4.98 Å². The van der Waals surface area contributed by atoms with Crippen molar-refractivity contribution in [1.82, 2.24) is 15.2 Å². The van der Waals surface area contributed by atoms with Crippen molar-refractivity contribution in [2.45, 2.75) is 51.6 Å². The van der Waals surface area contributed by atoms with E-state index >= 15 is 0 Å². The Morgan fingerprint density at radius 1 is 1.03 bits per heavy atom. The summed E-state index contributed by atoms with van der Waals surface area (Å²) in [5.41, 5.74) is 2.44. The largest absolute Gasteiger partial charge is 0.481 e. The van der Waals surface area contributed by atoms with Gasteiger partial charge < -0.3 is 24.9 Å². The van der Waals surface area contributed by atoms with Gasteiger partial charge in [-0.1, -0.05) is 31.1 Å². The average molecular weight is 466 g/mol. The number of pyridine rings is 1. The number of nitrogens with one attached hydrogen (secondary N) is 2. The van der Waals surface area contributed by atoms with E-state index in [2.05, 4.69) is 39.7 Å². The number of aliphatic carboxylic acids is 1. The third-order valence-electron chi connectivity index (χ3n) is 5.75. The number of nitrogens with zero attached hydrogens (tertiary/aromatic N) is 3. The molecule has 0 radical (unpaired) electrons. The van der Waals surface area contributed by atoms with Crippen LogP contribution in [0.2, 0.25) is 0 Å². The van der Waals surface area contributed by atoms with Crippen molar-refractivity contribution in [3.8, 4) is 5.88 Å². The molecule has 0 saturated heterocycles. The molecule has 10 heteroatoms. The maximum Gasteiger partial charge on any atom is 0.320 e. The number of benzene rings is 1. The number of aromatic nitrogens is 3. The summed E-state index contributed by atoms with van der Waals surface area (Å²) in [6.45, 7) is 4.24. The Hall–Kier alpha value is -3.95. The van der Waals surface area contributed by atoms with Gasteiger partial charge in [0, 0.05) is 11.8 Å². The summed E-state index contributed by atoms with van der Waals surface area (Å²) in [4.78, 5) is 27.7. The maximum atomic E-state index is 12.4. The first-order chi connectivity index (χ1) is 16.4. The van der Waals surface area contributed by atoms with E-state index in [0.29, 0.717) is 43.2 Å². The molecule has 10 nitrogen and oxygen atoms in total. The van der Waals surface area contributed by atoms with Crippen molar-refractivity contribution < 1.29 is 23.8 Å². The Morgan fingerprint density at radius 3 is 2.35 bits per heavy atom. The number of carboxylic acids is 1. The van der Waals surface area contributed by atoms with Crippen molar-refractivity contribution in [2.24, 2.45) is 5.92 Å². The number of ether oxygens (including phenoxy) is 1. The first-order valence-electron chi connectivity index (χ1n) is 11.2. The Bertz CT molecular complexity index is 1120. The van der Waals surface area contributed by atoms with E-state index in [4.69, 9.17) is 14.3 Å². The fourth-order valence-corrected chi connectivity index (χ4v) is 3.75. The quantitative estimate of drug-likeness (QED) is 0.435. The lowest BCUT2D eigenvalue weighted by molar-refractivity contribution is -0.143. The van der Waals surface area contributed by atoms with Gasteiger partial charge >= 0.3 is 23.8 Å². The Labute approximate surface area is 196 Å². The van der Waals surface area contributed by atoms with Gasteiger partial charge in [0.05, 0.1) is 17.8 Å². The SMILES string of the molecule is CC(C)c1ccc(Nc2nnc(C(=O)Nc3ccc(OC4CCC(C(=O)O)CC4)nc3)o2)cc1. The van der Waals surface area contributed by atoms with E-state index in [-0.39, 0.29) is 23.9 Å². The highest BCUT2D eigenvalue weighted by Gasteiger charge is 2.27. The molecule has 34 heavy (non-hydrogen) atoms. The molecule has 178 valence electrons. The molecule has 1 fully saturated rings. The summed E-state index contributed by atoms with van der Waals surface area (Å²) >= 11 is 0. The van der Waals surface area contributed by atoms with Crippen LogP contribution in [0.5, 0.6) is 5.88 Å². The molecule has 4 rings (SSSR count). The zero-order valence-electron chi connectivity index (χ0n) is 19.0. The molecule has 0 unspecified atom stereocenters. The minimum absolute atomic E-state index is 0.0607. The second kappa shape index (κ2) is 10.3. The van der Waals surface area contributed by atoms with Crippen molar-refractivity contribution in [3.05, 3.63) is 54.0 Å². The molecule has 0 bridgehead atoms. The first-order valence-corrected chi connectivity index (χ1v) is 11.2. The van der Waals surface area contributed by atoms with Crippen LogP contribution in [-0.4, -0.2) is 38.3 Å². The highest BCUT2D eigenvalue weighted by molar-refractivity contribution is 6.00.